The Bertz CT molecular complexity index is 347. The summed E-state index contributed by atoms with van der Waals surface area (Å²) in [5.41, 5.74) is 0.979. The fraction of sp³-hybridized carbons (Fsp3) is 0.462. The van der Waals surface area contributed by atoms with Crippen LogP contribution in [0.25, 0.3) is 0 Å². The van der Waals surface area contributed by atoms with Crippen LogP contribution in [0.3, 0.4) is 0 Å². The zero-order chi connectivity index (χ0) is 12.0. The number of Topliss-reactive ketones (excluding diaryl/α,β-unsaturated/α-hetero) is 1. The van der Waals surface area contributed by atoms with Gasteiger partial charge in [0, 0.05) is 20.0 Å². The van der Waals surface area contributed by atoms with Gasteiger partial charge in [-0.2, -0.15) is 0 Å². The molecule has 1 aromatic rings. The lowest BCUT2D eigenvalue weighted by Crippen LogP contribution is -2.13. The van der Waals surface area contributed by atoms with E-state index in [-0.39, 0.29) is 11.9 Å². The summed E-state index contributed by atoms with van der Waals surface area (Å²) in [5, 5.41) is 0. The first-order valence-electron chi connectivity index (χ1n) is 5.33. The molecule has 0 heterocycles. The first-order chi connectivity index (χ1) is 7.65. The van der Waals surface area contributed by atoms with Crippen LogP contribution in [-0.2, 0) is 16.0 Å². The van der Waals surface area contributed by atoms with Crippen molar-refractivity contribution in [3.05, 3.63) is 29.8 Å². The van der Waals surface area contributed by atoms with Crippen molar-refractivity contribution >= 4 is 5.78 Å². The van der Waals surface area contributed by atoms with Crippen molar-refractivity contribution in [1.29, 1.82) is 0 Å². The van der Waals surface area contributed by atoms with Crippen LogP contribution < -0.4 is 4.74 Å². The molecule has 0 aliphatic heterocycles. The van der Waals surface area contributed by atoms with Gasteiger partial charge in [0.15, 0.2) is 0 Å². The summed E-state index contributed by atoms with van der Waals surface area (Å²) in [4.78, 5) is 11.7. The van der Waals surface area contributed by atoms with E-state index in [4.69, 9.17) is 9.47 Å². The molecule has 0 N–H and O–H groups in total. The minimum atomic E-state index is -0.0156. The zero-order valence-electron chi connectivity index (χ0n) is 10.0. The fourth-order valence-electron chi connectivity index (χ4n) is 1.49. The van der Waals surface area contributed by atoms with E-state index in [2.05, 4.69) is 0 Å². The monoisotopic (exact) mass is 222 g/mol. The molecule has 0 saturated carbocycles. The molecule has 1 rings (SSSR count). The van der Waals surface area contributed by atoms with Crippen molar-refractivity contribution in [2.24, 2.45) is 0 Å². The second-order valence-electron chi connectivity index (χ2n) is 3.82. The lowest BCUT2D eigenvalue weighted by Gasteiger charge is -2.08. The van der Waals surface area contributed by atoms with Gasteiger partial charge in [0.2, 0.25) is 0 Å². The number of hydrogen-bond donors (Lipinski definition) is 0. The third-order valence-electron chi connectivity index (χ3n) is 2.45. The summed E-state index contributed by atoms with van der Waals surface area (Å²) in [6.07, 6.45) is 0.872. The second-order valence-corrected chi connectivity index (χ2v) is 3.82. The van der Waals surface area contributed by atoms with Gasteiger partial charge < -0.3 is 9.47 Å². The van der Waals surface area contributed by atoms with Crippen LogP contribution in [0.5, 0.6) is 5.75 Å². The highest BCUT2D eigenvalue weighted by Crippen LogP contribution is 2.14. The molecule has 3 heteroatoms. The van der Waals surface area contributed by atoms with Crippen molar-refractivity contribution in [1.82, 2.24) is 0 Å². The van der Waals surface area contributed by atoms with Gasteiger partial charge in [-0.1, -0.05) is 12.1 Å². The van der Waals surface area contributed by atoms with Gasteiger partial charge in [-0.25, -0.2) is 0 Å². The predicted octanol–water partition coefficient (Wildman–Crippen LogP) is 2.23. The summed E-state index contributed by atoms with van der Waals surface area (Å²) in [6.45, 7) is 1.89. The molecule has 0 radical (unpaired) electrons. The number of rotatable bonds is 6. The van der Waals surface area contributed by atoms with Crippen molar-refractivity contribution in [2.45, 2.75) is 25.9 Å². The van der Waals surface area contributed by atoms with Crippen LogP contribution in [0.2, 0.25) is 0 Å². The highest BCUT2D eigenvalue weighted by molar-refractivity contribution is 5.81. The molecule has 3 nitrogen and oxygen atoms in total. The largest absolute Gasteiger partial charge is 0.497 e. The average Bonchev–Trinajstić information content (AvgIpc) is 2.28. The number of benzene rings is 1. The first-order valence-corrected chi connectivity index (χ1v) is 5.33. The summed E-state index contributed by atoms with van der Waals surface area (Å²) < 4.78 is 10.2. The lowest BCUT2D eigenvalue weighted by atomic mass is 10.0. The SMILES string of the molecule is COc1cccc(CC(=O)CC(C)OC)c1. The number of methoxy groups -OCH3 is 2. The Labute approximate surface area is 96.4 Å². The molecule has 0 saturated heterocycles. The molecule has 0 spiro atoms. The molecule has 0 bridgehead atoms. The molecular weight excluding hydrogens is 204 g/mol. The van der Waals surface area contributed by atoms with Crippen LogP contribution in [0.1, 0.15) is 18.9 Å². The molecule has 16 heavy (non-hydrogen) atoms. The number of carbonyl (C=O) groups excluding carboxylic acids is 1. The van der Waals surface area contributed by atoms with E-state index < -0.39 is 0 Å². The molecule has 1 aromatic carbocycles. The number of ketones is 1. The average molecular weight is 222 g/mol. The summed E-state index contributed by atoms with van der Waals surface area (Å²) >= 11 is 0. The zero-order valence-corrected chi connectivity index (χ0v) is 10.0. The maximum absolute atomic E-state index is 11.7. The van der Waals surface area contributed by atoms with E-state index in [9.17, 15) is 4.79 Å². The third kappa shape index (κ3) is 4.03. The summed E-state index contributed by atoms with van der Waals surface area (Å²) in [5.74, 6) is 0.965. The molecule has 0 fully saturated rings. The maximum atomic E-state index is 11.7. The van der Waals surface area contributed by atoms with Crippen LogP contribution in [0, 0.1) is 0 Å². The normalized spacial score (nSPS) is 12.2. The standard InChI is InChI=1S/C13H18O3/c1-10(15-2)7-12(14)8-11-5-4-6-13(9-11)16-3/h4-6,9-10H,7-8H2,1-3H3. The number of carbonyl (C=O) groups is 1. The molecule has 1 atom stereocenters. The summed E-state index contributed by atoms with van der Waals surface area (Å²) in [6, 6.07) is 7.57. The van der Waals surface area contributed by atoms with E-state index in [1.165, 1.54) is 0 Å². The van der Waals surface area contributed by atoms with Gasteiger partial charge in [0.1, 0.15) is 11.5 Å². The lowest BCUT2D eigenvalue weighted by molar-refractivity contribution is -0.120. The first kappa shape index (κ1) is 12.7. The Balaban J connectivity index is 2.55. The Kier molecular flexibility index (Phi) is 4.99. The molecule has 0 amide bonds. The van der Waals surface area contributed by atoms with E-state index in [0.29, 0.717) is 12.8 Å². The quantitative estimate of drug-likeness (QED) is 0.740. The van der Waals surface area contributed by atoms with Crippen LogP contribution in [0.15, 0.2) is 24.3 Å². The van der Waals surface area contributed by atoms with Gasteiger partial charge in [-0.15, -0.1) is 0 Å². The third-order valence-corrected chi connectivity index (χ3v) is 2.45. The number of hydrogen-bond acceptors (Lipinski definition) is 3. The topological polar surface area (TPSA) is 35.5 Å². The van der Waals surface area contributed by atoms with Crippen LogP contribution >= 0.6 is 0 Å². The van der Waals surface area contributed by atoms with Gasteiger partial charge in [-0.05, 0) is 24.6 Å². The maximum Gasteiger partial charge on any atom is 0.139 e. The molecule has 0 aliphatic rings. The van der Waals surface area contributed by atoms with Crippen molar-refractivity contribution in [3.63, 3.8) is 0 Å². The Morgan fingerprint density at radius 1 is 1.38 bits per heavy atom. The van der Waals surface area contributed by atoms with E-state index in [1.807, 2.05) is 31.2 Å². The molecule has 0 aliphatic carbocycles. The Morgan fingerprint density at radius 3 is 2.75 bits per heavy atom. The van der Waals surface area contributed by atoms with E-state index in [0.717, 1.165) is 11.3 Å². The Hall–Kier alpha value is -1.35. The molecular formula is C13H18O3. The Morgan fingerprint density at radius 2 is 2.12 bits per heavy atom. The van der Waals surface area contributed by atoms with Gasteiger partial charge >= 0.3 is 0 Å². The van der Waals surface area contributed by atoms with Gasteiger partial charge in [0.25, 0.3) is 0 Å². The van der Waals surface area contributed by atoms with Crippen LogP contribution in [-0.4, -0.2) is 26.1 Å². The van der Waals surface area contributed by atoms with E-state index in [1.54, 1.807) is 14.2 Å². The van der Waals surface area contributed by atoms with E-state index >= 15 is 0 Å². The van der Waals surface area contributed by atoms with Gasteiger partial charge in [0.05, 0.1) is 13.2 Å². The highest BCUT2D eigenvalue weighted by atomic mass is 16.5. The second kappa shape index (κ2) is 6.28. The van der Waals surface area contributed by atoms with Crippen molar-refractivity contribution < 1.29 is 14.3 Å². The fourth-order valence-corrected chi connectivity index (χ4v) is 1.49. The number of ether oxygens (including phenoxy) is 2. The van der Waals surface area contributed by atoms with Gasteiger partial charge in [-0.3, -0.25) is 4.79 Å². The highest BCUT2D eigenvalue weighted by Gasteiger charge is 2.09. The van der Waals surface area contributed by atoms with Crippen molar-refractivity contribution in [3.8, 4) is 5.75 Å². The molecule has 0 aromatic heterocycles. The smallest absolute Gasteiger partial charge is 0.139 e. The van der Waals surface area contributed by atoms with Crippen molar-refractivity contribution in [2.75, 3.05) is 14.2 Å². The van der Waals surface area contributed by atoms with Crippen LogP contribution in [0.4, 0.5) is 0 Å². The molecule has 1 unspecified atom stereocenters. The minimum absolute atomic E-state index is 0.0156. The summed E-state index contributed by atoms with van der Waals surface area (Å²) in [7, 11) is 3.23. The predicted molar refractivity (Wildman–Crippen MR) is 62.8 cm³/mol. The minimum Gasteiger partial charge on any atom is -0.497 e. The molecule has 88 valence electrons.